The van der Waals surface area contributed by atoms with Crippen LogP contribution in [0, 0.1) is 0 Å². The lowest BCUT2D eigenvalue weighted by Gasteiger charge is -2.10. The van der Waals surface area contributed by atoms with Crippen LogP contribution in [-0.2, 0) is 9.53 Å². The van der Waals surface area contributed by atoms with Crippen LogP contribution in [0.15, 0.2) is 24.3 Å². The Morgan fingerprint density at radius 1 is 1.39 bits per heavy atom. The number of rotatable bonds is 5. The highest BCUT2D eigenvalue weighted by molar-refractivity contribution is 7.80. The van der Waals surface area contributed by atoms with E-state index >= 15 is 0 Å². The number of methoxy groups -OCH3 is 1. The number of nitrogens with one attached hydrogen (secondary N) is 2. The summed E-state index contributed by atoms with van der Waals surface area (Å²) in [5.41, 5.74) is 0.866. The lowest BCUT2D eigenvalue weighted by molar-refractivity contribution is -0.140. The molecule has 0 unspecified atom stereocenters. The molecule has 6 heteroatoms. The van der Waals surface area contributed by atoms with Gasteiger partial charge in [0.15, 0.2) is 5.11 Å². The van der Waals surface area contributed by atoms with Crippen LogP contribution in [0.25, 0.3) is 0 Å². The Balaban J connectivity index is 2.21. The van der Waals surface area contributed by atoms with E-state index in [1.54, 1.807) is 12.1 Å². The number of hydrogen-bond donors (Lipinski definition) is 2. The van der Waals surface area contributed by atoms with Crippen molar-refractivity contribution < 1.29 is 9.53 Å². The fourth-order valence-electron chi connectivity index (χ4n) is 1.25. The molecule has 0 fully saturated rings. The van der Waals surface area contributed by atoms with E-state index in [4.69, 9.17) is 23.8 Å². The summed E-state index contributed by atoms with van der Waals surface area (Å²) in [6, 6.07) is 7.24. The SMILES string of the molecule is COC(=O)CCCNC(=S)Nc1ccc(Cl)cc1. The zero-order chi connectivity index (χ0) is 13.4. The third kappa shape index (κ3) is 5.84. The van der Waals surface area contributed by atoms with E-state index in [1.807, 2.05) is 12.1 Å². The van der Waals surface area contributed by atoms with Crippen molar-refractivity contribution in [3.8, 4) is 0 Å². The molecular weight excluding hydrogens is 272 g/mol. The van der Waals surface area contributed by atoms with Crippen molar-refractivity contribution in [2.24, 2.45) is 0 Å². The number of hydrogen-bond acceptors (Lipinski definition) is 3. The van der Waals surface area contributed by atoms with Gasteiger partial charge in [0, 0.05) is 23.7 Å². The van der Waals surface area contributed by atoms with Crippen LogP contribution in [-0.4, -0.2) is 24.7 Å². The molecule has 0 atom stereocenters. The highest BCUT2D eigenvalue weighted by atomic mass is 35.5. The molecule has 0 saturated carbocycles. The Kier molecular flexibility index (Phi) is 6.46. The largest absolute Gasteiger partial charge is 0.469 e. The van der Waals surface area contributed by atoms with E-state index in [0.717, 1.165) is 5.69 Å². The lowest BCUT2D eigenvalue weighted by Crippen LogP contribution is -2.29. The van der Waals surface area contributed by atoms with E-state index in [2.05, 4.69) is 15.4 Å². The first-order valence-corrected chi connectivity index (χ1v) is 6.27. The molecule has 18 heavy (non-hydrogen) atoms. The summed E-state index contributed by atoms with van der Waals surface area (Å²) < 4.78 is 4.54. The number of halogens is 1. The molecular formula is C12H15ClN2O2S. The van der Waals surface area contributed by atoms with Crippen molar-refractivity contribution in [1.82, 2.24) is 5.32 Å². The summed E-state index contributed by atoms with van der Waals surface area (Å²) in [6.45, 7) is 0.620. The summed E-state index contributed by atoms with van der Waals surface area (Å²) in [5, 5.41) is 7.22. The van der Waals surface area contributed by atoms with Gasteiger partial charge < -0.3 is 15.4 Å². The van der Waals surface area contributed by atoms with Gasteiger partial charge in [0.2, 0.25) is 0 Å². The summed E-state index contributed by atoms with van der Waals surface area (Å²) in [7, 11) is 1.38. The predicted molar refractivity (Wildman–Crippen MR) is 76.9 cm³/mol. The molecule has 0 aliphatic carbocycles. The second-order valence-electron chi connectivity index (χ2n) is 3.57. The van der Waals surface area contributed by atoms with E-state index < -0.39 is 0 Å². The van der Waals surface area contributed by atoms with Gasteiger partial charge in [-0.15, -0.1) is 0 Å². The van der Waals surface area contributed by atoms with Gasteiger partial charge in [0.05, 0.1) is 7.11 Å². The van der Waals surface area contributed by atoms with Gasteiger partial charge >= 0.3 is 5.97 Å². The number of benzene rings is 1. The van der Waals surface area contributed by atoms with E-state index in [-0.39, 0.29) is 5.97 Å². The van der Waals surface area contributed by atoms with Gasteiger partial charge in [0.25, 0.3) is 0 Å². The fourth-order valence-corrected chi connectivity index (χ4v) is 1.59. The Labute approximate surface area is 117 Å². The van der Waals surface area contributed by atoms with Crippen LogP contribution in [0.1, 0.15) is 12.8 Å². The van der Waals surface area contributed by atoms with Gasteiger partial charge in [0.1, 0.15) is 0 Å². The number of anilines is 1. The summed E-state index contributed by atoms with van der Waals surface area (Å²) in [5.74, 6) is -0.214. The van der Waals surface area contributed by atoms with Crippen LogP contribution in [0.3, 0.4) is 0 Å². The van der Waals surface area contributed by atoms with Crippen molar-refractivity contribution in [1.29, 1.82) is 0 Å². The first-order chi connectivity index (χ1) is 8.61. The zero-order valence-corrected chi connectivity index (χ0v) is 11.6. The summed E-state index contributed by atoms with van der Waals surface area (Å²) in [4.78, 5) is 10.9. The highest BCUT2D eigenvalue weighted by Gasteiger charge is 2.00. The molecule has 0 spiro atoms. The molecule has 0 radical (unpaired) electrons. The maximum absolute atomic E-state index is 10.9. The molecule has 0 bridgehead atoms. The van der Waals surface area contributed by atoms with E-state index in [9.17, 15) is 4.79 Å². The van der Waals surface area contributed by atoms with Crippen molar-refractivity contribution in [2.45, 2.75) is 12.8 Å². The van der Waals surface area contributed by atoms with Crippen LogP contribution in [0.2, 0.25) is 5.02 Å². The predicted octanol–water partition coefficient (Wildman–Crippen LogP) is 2.58. The lowest BCUT2D eigenvalue weighted by atomic mass is 10.3. The number of carbonyl (C=O) groups excluding carboxylic acids is 1. The van der Waals surface area contributed by atoms with E-state index in [1.165, 1.54) is 7.11 Å². The zero-order valence-electron chi connectivity index (χ0n) is 10.0. The van der Waals surface area contributed by atoms with Gasteiger partial charge in [-0.2, -0.15) is 0 Å². The molecule has 2 N–H and O–H groups in total. The first-order valence-electron chi connectivity index (χ1n) is 5.49. The van der Waals surface area contributed by atoms with Gasteiger partial charge in [-0.05, 0) is 42.9 Å². The average molecular weight is 287 g/mol. The Morgan fingerprint density at radius 3 is 2.67 bits per heavy atom. The number of esters is 1. The highest BCUT2D eigenvalue weighted by Crippen LogP contribution is 2.13. The quantitative estimate of drug-likeness (QED) is 0.495. The van der Waals surface area contributed by atoms with Gasteiger partial charge in [-0.3, -0.25) is 4.79 Å². The number of carbonyl (C=O) groups is 1. The summed E-state index contributed by atoms with van der Waals surface area (Å²) in [6.07, 6.45) is 1.06. The Bertz CT molecular complexity index is 409. The minimum Gasteiger partial charge on any atom is -0.469 e. The maximum atomic E-state index is 10.9. The smallest absolute Gasteiger partial charge is 0.305 e. The second kappa shape index (κ2) is 7.89. The van der Waals surface area contributed by atoms with Crippen LogP contribution < -0.4 is 10.6 Å². The minimum absolute atomic E-state index is 0.214. The van der Waals surface area contributed by atoms with Gasteiger partial charge in [-0.25, -0.2) is 0 Å². The van der Waals surface area contributed by atoms with Crippen molar-refractivity contribution in [2.75, 3.05) is 19.0 Å². The monoisotopic (exact) mass is 286 g/mol. The Morgan fingerprint density at radius 2 is 2.06 bits per heavy atom. The molecule has 0 aliphatic heterocycles. The minimum atomic E-state index is -0.214. The number of ether oxygens (including phenoxy) is 1. The molecule has 0 aliphatic rings. The maximum Gasteiger partial charge on any atom is 0.305 e. The fraction of sp³-hybridized carbons (Fsp3) is 0.333. The molecule has 1 aromatic carbocycles. The molecule has 0 saturated heterocycles. The summed E-state index contributed by atoms with van der Waals surface area (Å²) >= 11 is 10.9. The van der Waals surface area contributed by atoms with Gasteiger partial charge in [-0.1, -0.05) is 11.6 Å². The molecule has 98 valence electrons. The normalized spacial score (nSPS) is 9.67. The first kappa shape index (κ1) is 14.7. The Hall–Kier alpha value is -1.33. The van der Waals surface area contributed by atoms with Crippen LogP contribution in [0.4, 0.5) is 5.69 Å². The molecule has 0 amide bonds. The topological polar surface area (TPSA) is 50.4 Å². The van der Waals surface area contributed by atoms with Crippen LogP contribution >= 0.6 is 23.8 Å². The molecule has 0 aromatic heterocycles. The molecule has 0 heterocycles. The standard InChI is InChI=1S/C12H15ClN2O2S/c1-17-11(16)3-2-8-14-12(18)15-10-6-4-9(13)5-7-10/h4-7H,2-3,8H2,1H3,(H2,14,15,18). The van der Waals surface area contributed by atoms with Crippen LogP contribution in [0.5, 0.6) is 0 Å². The molecule has 1 aromatic rings. The van der Waals surface area contributed by atoms with Crippen molar-refractivity contribution in [3.63, 3.8) is 0 Å². The second-order valence-corrected chi connectivity index (χ2v) is 4.41. The number of thiocarbonyl (C=S) groups is 1. The van der Waals surface area contributed by atoms with Crippen molar-refractivity contribution in [3.05, 3.63) is 29.3 Å². The van der Waals surface area contributed by atoms with E-state index in [0.29, 0.717) is 29.5 Å². The third-order valence-electron chi connectivity index (χ3n) is 2.17. The average Bonchev–Trinajstić information content (AvgIpc) is 2.37. The molecule has 4 nitrogen and oxygen atoms in total. The molecule has 1 rings (SSSR count). The third-order valence-corrected chi connectivity index (χ3v) is 2.67. The van der Waals surface area contributed by atoms with Crippen molar-refractivity contribution >= 4 is 40.6 Å².